The van der Waals surface area contributed by atoms with Crippen molar-refractivity contribution in [1.29, 1.82) is 5.26 Å². The van der Waals surface area contributed by atoms with Gasteiger partial charge in [0.25, 0.3) is 0 Å². The Morgan fingerprint density at radius 1 is 1.21 bits per heavy atom. The molecule has 1 fully saturated rings. The second kappa shape index (κ2) is 8.10. The minimum atomic E-state index is -0.638. The van der Waals surface area contributed by atoms with E-state index < -0.39 is 5.54 Å². The lowest BCUT2D eigenvalue weighted by Gasteiger charge is -2.43. The molecule has 1 aliphatic rings. The fraction of sp³-hybridized carbons (Fsp3) is 0.550. The van der Waals surface area contributed by atoms with Gasteiger partial charge in [0.1, 0.15) is 5.54 Å². The van der Waals surface area contributed by atoms with Gasteiger partial charge in [-0.15, -0.1) is 0 Å². The molecular formula is C20H26N2O2. The van der Waals surface area contributed by atoms with Crippen LogP contribution in [0.3, 0.4) is 0 Å². The summed E-state index contributed by atoms with van der Waals surface area (Å²) in [6, 6.07) is 9.95. The summed E-state index contributed by atoms with van der Waals surface area (Å²) in [5.41, 5.74) is 1.26. The van der Waals surface area contributed by atoms with E-state index in [0.29, 0.717) is 5.56 Å². The smallest absolute Gasteiger partial charge is 0.224 e. The number of aryl methyl sites for hydroxylation is 1. The number of nitriles is 1. The number of ketones is 1. The summed E-state index contributed by atoms with van der Waals surface area (Å²) in [5.74, 6) is -0.137. The predicted octanol–water partition coefficient (Wildman–Crippen LogP) is 3.90. The molecule has 128 valence electrons. The van der Waals surface area contributed by atoms with Gasteiger partial charge in [-0.25, -0.2) is 0 Å². The third kappa shape index (κ3) is 4.03. The molecule has 0 unspecified atom stereocenters. The molecule has 4 heteroatoms. The maximum atomic E-state index is 12.3. The first-order valence-electron chi connectivity index (χ1n) is 8.82. The van der Waals surface area contributed by atoms with E-state index in [2.05, 4.69) is 13.0 Å². The number of carbonyl (C=O) groups excluding carboxylic acids is 2. The fourth-order valence-electron chi connectivity index (χ4n) is 3.04. The Hall–Kier alpha value is -2.15. The van der Waals surface area contributed by atoms with E-state index in [1.165, 1.54) is 10.5 Å². The molecule has 24 heavy (non-hydrogen) atoms. The van der Waals surface area contributed by atoms with Crippen molar-refractivity contribution in [3.8, 4) is 6.07 Å². The van der Waals surface area contributed by atoms with Crippen molar-refractivity contribution in [1.82, 2.24) is 4.90 Å². The number of unbranched alkanes of at least 4 members (excludes halogenated alkanes) is 1. The van der Waals surface area contributed by atoms with E-state index in [1.54, 1.807) is 7.05 Å². The van der Waals surface area contributed by atoms with Gasteiger partial charge in [-0.05, 0) is 37.7 Å². The average Bonchev–Trinajstić information content (AvgIpc) is 2.57. The maximum Gasteiger partial charge on any atom is 0.224 e. The highest BCUT2D eigenvalue weighted by atomic mass is 16.2. The fourth-order valence-corrected chi connectivity index (χ4v) is 3.04. The number of hydrogen-bond acceptors (Lipinski definition) is 3. The molecule has 0 saturated heterocycles. The zero-order valence-corrected chi connectivity index (χ0v) is 14.7. The van der Waals surface area contributed by atoms with E-state index in [0.717, 1.165) is 38.5 Å². The zero-order chi connectivity index (χ0) is 17.6. The number of rotatable bonds is 8. The molecule has 0 bridgehead atoms. The van der Waals surface area contributed by atoms with Gasteiger partial charge in [-0.1, -0.05) is 37.6 Å². The Morgan fingerprint density at radius 2 is 1.88 bits per heavy atom. The molecule has 0 N–H and O–H groups in total. The van der Waals surface area contributed by atoms with E-state index in [1.807, 2.05) is 24.3 Å². The largest absolute Gasteiger partial charge is 0.327 e. The monoisotopic (exact) mass is 326 g/mol. The molecule has 1 aromatic carbocycles. The molecule has 1 aromatic rings. The van der Waals surface area contributed by atoms with E-state index in [9.17, 15) is 14.9 Å². The number of benzene rings is 1. The Bertz CT molecular complexity index is 624. The molecular weight excluding hydrogens is 300 g/mol. The van der Waals surface area contributed by atoms with Crippen LogP contribution >= 0.6 is 0 Å². The molecule has 1 aliphatic carbocycles. The SMILES string of the molecule is CCCCc1ccc(C(=O)CCC(=O)N(C)C2(C#N)CCC2)cc1. The van der Waals surface area contributed by atoms with Crippen molar-refractivity contribution in [2.75, 3.05) is 7.05 Å². The summed E-state index contributed by atoms with van der Waals surface area (Å²) in [6.07, 6.45) is 6.14. The van der Waals surface area contributed by atoms with Crippen molar-refractivity contribution in [3.63, 3.8) is 0 Å². The van der Waals surface area contributed by atoms with Gasteiger partial charge in [-0.3, -0.25) is 9.59 Å². The van der Waals surface area contributed by atoms with Crippen LogP contribution in [0.2, 0.25) is 0 Å². The van der Waals surface area contributed by atoms with Gasteiger partial charge >= 0.3 is 0 Å². The molecule has 1 saturated carbocycles. The third-order valence-electron chi connectivity index (χ3n) is 5.07. The Balaban J connectivity index is 1.86. The van der Waals surface area contributed by atoms with E-state index in [4.69, 9.17) is 0 Å². The normalized spacial score (nSPS) is 15.2. The van der Waals surface area contributed by atoms with E-state index >= 15 is 0 Å². The second-order valence-electron chi connectivity index (χ2n) is 6.67. The van der Waals surface area contributed by atoms with Crippen molar-refractivity contribution >= 4 is 11.7 Å². The first kappa shape index (κ1) is 18.2. The summed E-state index contributed by atoms with van der Waals surface area (Å²) in [6.45, 7) is 2.16. The average molecular weight is 326 g/mol. The van der Waals surface area contributed by atoms with Crippen LogP contribution in [0.1, 0.15) is 67.8 Å². The standard InChI is InChI=1S/C20H26N2O2/c1-3-4-6-16-7-9-17(10-8-16)18(23)11-12-19(24)22(2)20(15-21)13-5-14-20/h7-10H,3-6,11-14H2,1-2H3. The number of nitrogens with zero attached hydrogens (tertiary/aromatic N) is 2. The number of Topliss-reactive ketones (excluding diaryl/α,β-unsaturated/α-hetero) is 1. The van der Waals surface area contributed by atoms with E-state index in [-0.39, 0.29) is 24.5 Å². The number of amides is 1. The van der Waals surface area contributed by atoms with Crippen molar-refractivity contribution in [3.05, 3.63) is 35.4 Å². The number of carbonyl (C=O) groups is 2. The lowest BCUT2D eigenvalue weighted by atomic mass is 9.76. The minimum Gasteiger partial charge on any atom is -0.327 e. The van der Waals surface area contributed by atoms with Crippen molar-refractivity contribution in [2.45, 2.75) is 63.8 Å². The summed E-state index contributed by atoms with van der Waals surface area (Å²) in [7, 11) is 1.68. The first-order valence-corrected chi connectivity index (χ1v) is 8.82. The maximum absolute atomic E-state index is 12.3. The van der Waals surface area contributed by atoms with Crippen LogP contribution in [0.5, 0.6) is 0 Å². The lowest BCUT2D eigenvalue weighted by Crippen LogP contribution is -2.53. The molecule has 0 spiro atoms. The van der Waals surface area contributed by atoms with Gasteiger partial charge in [0.2, 0.25) is 5.91 Å². The van der Waals surface area contributed by atoms with Crippen molar-refractivity contribution < 1.29 is 9.59 Å². The number of hydrogen-bond donors (Lipinski definition) is 0. The quantitative estimate of drug-likeness (QED) is 0.681. The molecule has 0 aliphatic heterocycles. The van der Waals surface area contributed by atoms with Crippen LogP contribution < -0.4 is 0 Å². The minimum absolute atomic E-state index is 0.0154. The molecule has 1 amide bonds. The second-order valence-corrected chi connectivity index (χ2v) is 6.67. The Morgan fingerprint density at radius 3 is 2.38 bits per heavy atom. The summed E-state index contributed by atoms with van der Waals surface area (Å²) in [4.78, 5) is 26.1. The Kier molecular flexibility index (Phi) is 6.14. The van der Waals surface area contributed by atoms with Crippen molar-refractivity contribution in [2.24, 2.45) is 0 Å². The molecule has 0 aromatic heterocycles. The zero-order valence-electron chi connectivity index (χ0n) is 14.7. The Labute approximate surface area is 144 Å². The van der Waals surface area contributed by atoms with Gasteiger partial charge < -0.3 is 4.90 Å². The highest BCUT2D eigenvalue weighted by Gasteiger charge is 2.43. The molecule has 0 atom stereocenters. The van der Waals surface area contributed by atoms with Crippen LogP contribution in [0.25, 0.3) is 0 Å². The van der Waals surface area contributed by atoms with Gasteiger partial charge in [0.05, 0.1) is 6.07 Å². The van der Waals surface area contributed by atoms with Crippen LogP contribution in [0.4, 0.5) is 0 Å². The summed E-state index contributed by atoms with van der Waals surface area (Å²) in [5, 5.41) is 9.29. The molecule has 0 heterocycles. The highest BCUT2D eigenvalue weighted by Crippen LogP contribution is 2.36. The third-order valence-corrected chi connectivity index (χ3v) is 5.07. The summed E-state index contributed by atoms with van der Waals surface area (Å²) < 4.78 is 0. The molecule has 2 rings (SSSR count). The van der Waals surface area contributed by atoms with Gasteiger partial charge in [0.15, 0.2) is 5.78 Å². The van der Waals surface area contributed by atoms with Gasteiger partial charge in [-0.2, -0.15) is 5.26 Å². The predicted molar refractivity (Wildman–Crippen MR) is 93.6 cm³/mol. The van der Waals surface area contributed by atoms with Crippen LogP contribution in [0.15, 0.2) is 24.3 Å². The molecule has 4 nitrogen and oxygen atoms in total. The first-order chi connectivity index (χ1) is 11.5. The highest BCUT2D eigenvalue weighted by molar-refractivity contribution is 5.98. The van der Waals surface area contributed by atoms with Crippen LogP contribution in [0, 0.1) is 11.3 Å². The van der Waals surface area contributed by atoms with Crippen LogP contribution in [-0.2, 0) is 11.2 Å². The lowest BCUT2D eigenvalue weighted by molar-refractivity contribution is -0.136. The van der Waals surface area contributed by atoms with Crippen LogP contribution in [-0.4, -0.2) is 29.2 Å². The summed E-state index contributed by atoms with van der Waals surface area (Å²) >= 11 is 0. The molecule has 0 radical (unpaired) electrons. The van der Waals surface area contributed by atoms with Gasteiger partial charge in [0, 0.05) is 25.5 Å². The topological polar surface area (TPSA) is 61.2 Å².